The molecule has 1 aliphatic rings. The van der Waals surface area contributed by atoms with Crippen molar-refractivity contribution >= 4 is 15.9 Å². The van der Waals surface area contributed by atoms with E-state index in [-0.39, 0.29) is 6.54 Å². The topological polar surface area (TPSA) is 92.6 Å². The van der Waals surface area contributed by atoms with Crippen LogP contribution in [0.2, 0.25) is 0 Å². The predicted molar refractivity (Wildman–Crippen MR) is 77.5 cm³/mol. The Morgan fingerprint density at radius 1 is 1.38 bits per heavy atom. The van der Waals surface area contributed by atoms with E-state index in [4.69, 9.17) is 24.5 Å². The molecule has 7 nitrogen and oxygen atoms in total. The van der Waals surface area contributed by atoms with Crippen LogP contribution in [0.25, 0.3) is 11.4 Å². The Hall–Kier alpha value is -1.80. The molecule has 0 spiro atoms. The maximum Gasteiger partial charge on any atom is 0.240 e. The number of nitrogens with two attached hydrogens (primary N) is 1. The molecule has 0 aliphatic carbocycles. The molecule has 3 rings (SSSR count). The first-order valence-electron chi connectivity index (χ1n) is 6.43. The zero-order valence-corrected chi connectivity index (χ0v) is 13.0. The summed E-state index contributed by atoms with van der Waals surface area (Å²) in [5.41, 5.74) is 6.10. The van der Waals surface area contributed by atoms with Crippen LogP contribution in [0.4, 0.5) is 0 Å². The van der Waals surface area contributed by atoms with Crippen LogP contribution in [0.15, 0.2) is 15.1 Å². The number of ether oxygens (including phenoxy) is 3. The third-order valence-electron chi connectivity index (χ3n) is 3.02. The molecule has 2 N–H and O–H groups in total. The lowest BCUT2D eigenvalue weighted by atomic mass is 10.1. The lowest BCUT2D eigenvalue weighted by molar-refractivity contribution is 0.297. The van der Waals surface area contributed by atoms with Crippen LogP contribution in [0.3, 0.4) is 0 Å². The number of hydrogen-bond acceptors (Lipinski definition) is 7. The van der Waals surface area contributed by atoms with E-state index < -0.39 is 0 Å². The summed E-state index contributed by atoms with van der Waals surface area (Å²) in [6.45, 7) is 1.31. The molecule has 0 amide bonds. The van der Waals surface area contributed by atoms with Gasteiger partial charge in [0, 0.05) is 12.5 Å². The van der Waals surface area contributed by atoms with Gasteiger partial charge in [0.2, 0.25) is 11.7 Å². The second kappa shape index (κ2) is 5.90. The number of hydrogen-bond donors (Lipinski definition) is 1. The largest absolute Gasteiger partial charge is 0.495 e. The molecule has 1 aromatic heterocycles. The highest BCUT2D eigenvalue weighted by Crippen LogP contribution is 2.48. The van der Waals surface area contributed by atoms with Crippen molar-refractivity contribution in [2.75, 3.05) is 20.3 Å². The van der Waals surface area contributed by atoms with Crippen molar-refractivity contribution in [3.8, 4) is 28.6 Å². The molecule has 0 saturated heterocycles. The molecule has 0 saturated carbocycles. The van der Waals surface area contributed by atoms with Gasteiger partial charge in [0.15, 0.2) is 11.5 Å². The molecule has 112 valence electrons. The Morgan fingerprint density at radius 2 is 2.19 bits per heavy atom. The first-order valence-corrected chi connectivity index (χ1v) is 7.23. The van der Waals surface area contributed by atoms with Crippen molar-refractivity contribution in [2.45, 2.75) is 13.0 Å². The Kier molecular flexibility index (Phi) is 3.98. The molecule has 0 fully saturated rings. The molecule has 2 aromatic rings. The van der Waals surface area contributed by atoms with Crippen molar-refractivity contribution in [3.63, 3.8) is 0 Å². The van der Waals surface area contributed by atoms with E-state index in [1.54, 1.807) is 7.11 Å². The van der Waals surface area contributed by atoms with Crippen molar-refractivity contribution in [3.05, 3.63) is 16.4 Å². The number of nitrogens with zero attached hydrogens (tertiary/aromatic N) is 2. The van der Waals surface area contributed by atoms with Crippen LogP contribution >= 0.6 is 15.9 Å². The zero-order chi connectivity index (χ0) is 14.8. The molecule has 1 aromatic carbocycles. The minimum absolute atomic E-state index is 0.170. The van der Waals surface area contributed by atoms with Gasteiger partial charge in [0.1, 0.15) is 11.3 Å². The first-order chi connectivity index (χ1) is 10.2. The van der Waals surface area contributed by atoms with Gasteiger partial charge in [-0.05, 0) is 15.9 Å². The SMILES string of the molecule is COc1c(Br)cc2c(c1-c1noc(CN)n1)OCCCO2. The van der Waals surface area contributed by atoms with Gasteiger partial charge in [0.05, 0.1) is 31.3 Å². The summed E-state index contributed by atoms with van der Waals surface area (Å²) in [7, 11) is 1.57. The van der Waals surface area contributed by atoms with Gasteiger partial charge in [-0.1, -0.05) is 5.16 Å². The normalized spacial score (nSPS) is 13.9. The van der Waals surface area contributed by atoms with Crippen LogP contribution in [0.1, 0.15) is 12.3 Å². The second-order valence-electron chi connectivity index (χ2n) is 4.36. The lowest BCUT2D eigenvalue weighted by Gasteiger charge is -2.15. The molecule has 0 unspecified atom stereocenters. The van der Waals surface area contributed by atoms with E-state index in [0.717, 1.165) is 10.9 Å². The quantitative estimate of drug-likeness (QED) is 0.901. The molecule has 0 radical (unpaired) electrons. The Balaban J connectivity index is 2.22. The van der Waals surface area contributed by atoms with Gasteiger partial charge in [-0.25, -0.2) is 0 Å². The highest BCUT2D eigenvalue weighted by Gasteiger charge is 2.26. The van der Waals surface area contributed by atoms with Crippen LogP contribution in [0.5, 0.6) is 17.2 Å². The van der Waals surface area contributed by atoms with E-state index in [0.29, 0.717) is 47.7 Å². The fourth-order valence-electron chi connectivity index (χ4n) is 2.10. The lowest BCUT2D eigenvalue weighted by Crippen LogP contribution is -2.00. The zero-order valence-electron chi connectivity index (χ0n) is 11.4. The molecule has 2 heterocycles. The monoisotopic (exact) mass is 355 g/mol. The summed E-state index contributed by atoms with van der Waals surface area (Å²) in [5, 5.41) is 3.94. The van der Waals surface area contributed by atoms with E-state index >= 15 is 0 Å². The summed E-state index contributed by atoms with van der Waals surface area (Å²) in [6.07, 6.45) is 0.800. The Morgan fingerprint density at radius 3 is 2.90 bits per heavy atom. The van der Waals surface area contributed by atoms with Gasteiger partial charge in [-0.15, -0.1) is 0 Å². The highest BCUT2D eigenvalue weighted by atomic mass is 79.9. The molecule has 0 bridgehead atoms. The summed E-state index contributed by atoms with van der Waals surface area (Å²) in [5.74, 6) is 2.43. The van der Waals surface area contributed by atoms with E-state index in [1.165, 1.54) is 0 Å². The number of aromatic nitrogens is 2. The minimum Gasteiger partial charge on any atom is -0.495 e. The maximum atomic E-state index is 5.80. The molecule has 21 heavy (non-hydrogen) atoms. The van der Waals surface area contributed by atoms with Crippen molar-refractivity contribution in [2.24, 2.45) is 5.73 Å². The van der Waals surface area contributed by atoms with Crippen LogP contribution in [-0.4, -0.2) is 30.5 Å². The third kappa shape index (κ3) is 2.56. The van der Waals surface area contributed by atoms with E-state index in [1.807, 2.05) is 6.07 Å². The van der Waals surface area contributed by atoms with Gasteiger partial charge < -0.3 is 24.5 Å². The fourth-order valence-corrected chi connectivity index (χ4v) is 2.67. The Bertz CT molecular complexity index is 659. The van der Waals surface area contributed by atoms with Crippen LogP contribution in [-0.2, 0) is 6.54 Å². The average molecular weight is 356 g/mol. The smallest absolute Gasteiger partial charge is 0.240 e. The van der Waals surface area contributed by atoms with Gasteiger partial charge in [0.25, 0.3) is 0 Å². The number of benzene rings is 1. The second-order valence-corrected chi connectivity index (χ2v) is 5.21. The Labute approximate surface area is 129 Å². The number of halogens is 1. The summed E-state index contributed by atoms with van der Waals surface area (Å²) in [4.78, 5) is 4.25. The van der Waals surface area contributed by atoms with Gasteiger partial charge >= 0.3 is 0 Å². The third-order valence-corrected chi connectivity index (χ3v) is 3.60. The average Bonchev–Trinajstić information content (AvgIpc) is 2.84. The summed E-state index contributed by atoms with van der Waals surface area (Å²) in [6, 6.07) is 1.81. The summed E-state index contributed by atoms with van der Waals surface area (Å²) < 4.78 is 22.7. The van der Waals surface area contributed by atoms with E-state index in [2.05, 4.69) is 26.1 Å². The molecular formula is C13H14BrN3O4. The molecule has 0 atom stereocenters. The van der Waals surface area contributed by atoms with Crippen molar-refractivity contribution in [1.29, 1.82) is 0 Å². The van der Waals surface area contributed by atoms with Crippen molar-refractivity contribution in [1.82, 2.24) is 10.1 Å². The minimum atomic E-state index is 0.170. The van der Waals surface area contributed by atoms with Gasteiger partial charge in [-0.2, -0.15) is 4.98 Å². The number of methoxy groups -OCH3 is 1. The predicted octanol–water partition coefficient (Wildman–Crippen LogP) is 2.13. The number of rotatable bonds is 3. The van der Waals surface area contributed by atoms with Crippen LogP contribution in [0, 0.1) is 0 Å². The molecule has 1 aliphatic heterocycles. The van der Waals surface area contributed by atoms with Gasteiger partial charge in [-0.3, -0.25) is 0 Å². The maximum absolute atomic E-state index is 5.80. The number of fused-ring (bicyclic) bond motifs is 1. The first kappa shape index (κ1) is 14.2. The highest BCUT2D eigenvalue weighted by molar-refractivity contribution is 9.10. The summed E-state index contributed by atoms with van der Waals surface area (Å²) >= 11 is 3.46. The van der Waals surface area contributed by atoms with Crippen LogP contribution < -0.4 is 19.9 Å². The van der Waals surface area contributed by atoms with Crippen molar-refractivity contribution < 1.29 is 18.7 Å². The molecule has 8 heteroatoms. The van der Waals surface area contributed by atoms with E-state index in [9.17, 15) is 0 Å². The standard InChI is InChI=1S/C13H14BrN3O4/c1-18-11-7(14)5-8-12(20-4-2-3-19-8)10(11)13-16-9(6-15)21-17-13/h5H,2-4,6,15H2,1H3. The molecular weight excluding hydrogens is 342 g/mol. The fraction of sp³-hybridized carbons (Fsp3) is 0.385.